The molecular weight excluding hydrogens is 483 g/mol. The van der Waals surface area contributed by atoms with Gasteiger partial charge in [-0.1, -0.05) is 0 Å². The Hall–Kier alpha value is -1.27. The van der Waals surface area contributed by atoms with Gasteiger partial charge in [-0.05, 0) is 38.0 Å². The minimum atomic E-state index is -3.12. The first kappa shape index (κ1) is 23.8. The van der Waals surface area contributed by atoms with Gasteiger partial charge < -0.3 is 20.5 Å². The van der Waals surface area contributed by atoms with Crippen molar-refractivity contribution in [1.29, 1.82) is 0 Å². The lowest BCUT2D eigenvalue weighted by Crippen LogP contribution is -2.49. The summed E-state index contributed by atoms with van der Waals surface area (Å²) < 4.78 is 30.6. The summed E-state index contributed by atoms with van der Waals surface area (Å²) in [5.74, 6) is 1.61. The first-order chi connectivity index (χ1) is 12.4. The van der Waals surface area contributed by atoms with Crippen LogP contribution in [0, 0.1) is 0 Å². The predicted octanol–water partition coefficient (Wildman–Crippen LogP) is 1.50. The molecule has 1 fully saturated rings. The summed E-state index contributed by atoms with van der Waals surface area (Å²) >= 11 is 0. The zero-order valence-electron chi connectivity index (χ0n) is 15.9. The minimum absolute atomic E-state index is 0. The SMILES string of the molecule is CCS(=O)(=O)N1CCC(NC(=NC)NCc2cc(OC)ccc2O)CC1.I. The summed E-state index contributed by atoms with van der Waals surface area (Å²) in [5, 5.41) is 16.4. The van der Waals surface area contributed by atoms with Crippen LogP contribution in [0.3, 0.4) is 0 Å². The van der Waals surface area contributed by atoms with E-state index < -0.39 is 10.0 Å². The Morgan fingerprint density at radius 3 is 2.59 bits per heavy atom. The monoisotopic (exact) mass is 512 g/mol. The number of aliphatic imine (C=N–C) groups is 1. The second-order valence-electron chi connectivity index (χ2n) is 6.14. The maximum absolute atomic E-state index is 11.9. The Morgan fingerprint density at radius 1 is 1.37 bits per heavy atom. The van der Waals surface area contributed by atoms with E-state index >= 15 is 0 Å². The number of piperidine rings is 1. The lowest BCUT2D eigenvalue weighted by molar-refractivity contribution is 0.306. The Morgan fingerprint density at radius 2 is 2.04 bits per heavy atom. The molecule has 8 nitrogen and oxygen atoms in total. The molecule has 1 heterocycles. The van der Waals surface area contributed by atoms with Gasteiger partial charge in [0.1, 0.15) is 11.5 Å². The lowest BCUT2D eigenvalue weighted by Gasteiger charge is -2.32. The van der Waals surface area contributed by atoms with Crippen molar-refractivity contribution in [1.82, 2.24) is 14.9 Å². The molecule has 0 unspecified atom stereocenters. The van der Waals surface area contributed by atoms with Crippen LogP contribution >= 0.6 is 24.0 Å². The van der Waals surface area contributed by atoms with Gasteiger partial charge in [0.15, 0.2) is 5.96 Å². The van der Waals surface area contributed by atoms with Crippen LogP contribution in [0.2, 0.25) is 0 Å². The number of phenolic OH excluding ortho intramolecular Hbond substituents is 1. The number of hydrogen-bond acceptors (Lipinski definition) is 5. The molecular formula is C17H29IN4O4S. The van der Waals surface area contributed by atoms with Crippen LogP contribution in [0.15, 0.2) is 23.2 Å². The quantitative estimate of drug-likeness (QED) is 0.303. The second-order valence-corrected chi connectivity index (χ2v) is 8.40. The molecule has 0 amide bonds. The Labute approximate surface area is 178 Å². The molecule has 1 aromatic carbocycles. The molecule has 10 heteroatoms. The van der Waals surface area contributed by atoms with E-state index in [1.54, 1.807) is 43.6 Å². The molecule has 0 bridgehead atoms. The Kier molecular flexibility index (Phi) is 9.60. The molecule has 0 aliphatic carbocycles. The molecule has 3 N–H and O–H groups in total. The first-order valence-electron chi connectivity index (χ1n) is 8.70. The molecule has 2 rings (SSSR count). The Bertz CT molecular complexity index is 734. The minimum Gasteiger partial charge on any atom is -0.508 e. The maximum Gasteiger partial charge on any atom is 0.213 e. The van der Waals surface area contributed by atoms with Crippen LogP contribution in [-0.2, 0) is 16.6 Å². The first-order valence-corrected chi connectivity index (χ1v) is 10.3. The molecule has 1 aliphatic rings. The van der Waals surface area contributed by atoms with Crippen molar-refractivity contribution in [2.24, 2.45) is 4.99 Å². The third-order valence-corrected chi connectivity index (χ3v) is 6.39. The number of nitrogens with one attached hydrogen (secondary N) is 2. The van der Waals surface area contributed by atoms with Crippen LogP contribution in [0.1, 0.15) is 25.3 Å². The van der Waals surface area contributed by atoms with E-state index in [1.165, 1.54) is 0 Å². The van der Waals surface area contributed by atoms with Gasteiger partial charge >= 0.3 is 0 Å². The summed E-state index contributed by atoms with van der Waals surface area (Å²) in [5.41, 5.74) is 0.705. The topological polar surface area (TPSA) is 103 Å². The number of aromatic hydroxyl groups is 1. The van der Waals surface area contributed by atoms with Gasteiger partial charge in [-0.15, -0.1) is 24.0 Å². The number of halogens is 1. The van der Waals surface area contributed by atoms with Gasteiger partial charge in [-0.2, -0.15) is 0 Å². The van der Waals surface area contributed by atoms with Gasteiger partial charge in [-0.3, -0.25) is 4.99 Å². The van der Waals surface area contributed by atoms with Gasteiger partial charge in [0.25, 0.3) is 0 Å². The largest absolute Gasteiger partial charge is 0.508 e. The third-order valence-electron chi connectivity index (χ3n) is 4.51. The summed E-state index contributed by atoms with van der Waals surface area (Å²) in [6, 6.07) is 5.22. The van der Waals surface area contributed by atoms with E-state index in [4.69, 9.17) is 4.74 Å². The highest BCUT2D eigenvalue weighted by Crippen LogP contribution is 2.22. The fourth-order valence-corrected chi connectivity index (χ4v) is 3.99. The summed E-state index contributed by atoms with van der Waals surface area (Å²) in [6.45, 7) is 3.09. The van der Waals surface area contributed by atoms with Gasteiger partial charge in [0.2, 0.25) is 10.0 Å². The fourth-order valence-electron chi connectivity index (χ4n) is 2.86. The molecule has 0 spiro atoms. The van der Waals surface area contributed by atoms with Crippen LogP contribution in [0.5, 0.6) is 11.5 Å². The standard InChI is InChI=1S/C17H28N4O4S.HI/c1-4-26(23,24)21-9-7-14(8-10-21)20-17(18-2)19-12-13-11-15(25-3)5-6-16(13)22;/h5-6,11,14,22H,4,7-10,12H2,1-3H3,(H2,18,19,20);1H. The summed E-state index contributed by atoms with van der Waals surface area (Å²) in [7, 11) is 0.140. The summed E-state index contributed by atoms with van der Waals surface area (Å²) in [4.78, 5) is 4.20. The van der Waals surface area contributed by atoms with Crippen molar-refractivity contribution >= 4 is 40.0 Å². The highest BCUT2D eigenvalue weighted by molar-refractivity contribution is 14.0. The van der Waals surface area contributed by atoms with Crippen molar-refractivity contribution in [3.8, 4) is 11.5 Å². The van der Waals surface area contributed by atoms with Gasteiger partial charge in [0.05, 0.1) is 12.9 Å². The number of sulfonamides is 1. The van der Waals surface area contributed by atoms with Crippen molar-refractivity contribution in [2.75, 3.05) is 33.0 Å². The number of ether oxygens (including phenoxy) is 1. The van der Waals surface area contributed by atoms with E-state index in [1.807, 2.05) is 0 Å². The second kappa shape index (κ2) is 10.9. The normalized spacial score (nSPS) is 16.5. The van der Waals surface area contributed by atoms with Gasteiger partial charge in [0, 0.05) is 38.3 Å². The molecule has 1 aliphatic heterocycles. The van der Waals surface area contributed by atoms with E-state index in [0.29, 0.717) is 36.9 Å². The third kappa shape index (κ3) is 6.68. The number of methoxy groups -OCH3 is 1. The van der Waals surface area contributed by atoms with Crippen LogP contribution < -0.4 is 15.4 Å². The van der Waals surface area contributed by atoms with E-state index in [2.05, 4.69) is 15.6 Å². The number of nitrogens with zero attached hydrogens (tertiary/aromatic N) is 2. The zero-order chi connectivity index (χ0) is 19.2. The number of phenols is 1. The number of benzene rings is 1. The number of guanidine groups is 1. The predicted molar refractivity (Wildman–Crippen MR) is 117 cm³/mol. The van der Waals surface area contributed by atoms with E-state index in [-0.39, 0.29) is 41.5 Å². The number of hydrogen-bond donors (Lipinski definition) is 3. The highest BCUT2D eigenvalue weighted by Gasteiger charge is 2.27. The molecule has 0 atom stereocenters. The molecule has 1 aromatic rings. The van der Waals surface area contributed by atoms with Crippen molar-refractivity contribution in [3.05, 3.63) is 23.8 Å². The molecule has 27 heavy (non-hydrogen) atoms. The molecule has 0 aromatic heterocycles. The highest BCUT2D eigenvalue weighted by atomic mass is 127. The van der Waals surface area contributed by atoms with Gasteiger partial charge in [-0.25, -0.2) is 12.7 Å². The summed E-state index contributed by atoms with van der Waals surface area (Å²) in [6.07, 6.45) is 1.45. The van der Waals surface area contributed by atoms with E-state index in [9.17, 15) is 13.5 Å². The van der Waals surface area contributed by atoms with Crippen molar-refractivity contribution < 1.29 is 18.3 Å². The maximum atomic E-state index is 11.9. The average molecular weight is 512 g/mol. The molecule has 1 saturated heterocycles. The lowest BCUT2D eigenvalue weighted by atomic mass is 10.1. The molecule has 154 valence electrons. The Balaban J connectivity index is 0.00000364. The van der Waals surface area contributed by atoms with Crippen molar-refractivity contribution in [2.45, 2.75) is 32.4 Å². The average Bonchev–Trinajstić information content (AvgIpc) is 2.66. The van der Waals surface area contributed by atoms with Crippen LogP contribution in [0.4, 0.5) is 0 Å². The van der Waals surface area contributed by atoms with E-state index in [0.717, 1.165) is 12.8 Å². The molecule has 0 radical (unpaired) electrons. The van der Waals surface area contributed by atoms with Crippen LogP contribution in [-0.4, -0.2) is 62.8 Å². The number of rotatable bonds is 6. The fraction of sp³-hybridized carbons (Fsp3) is 0.588. The molecule has 0 saturated carbocycles. The zero-order valence-corrected chi connectivity index (χ0v) is 19.1. The smallest absolute Gasteiger partial charge is 0.213 e. The van der Waals surface area contributed by atoms with Crippen LogP contribution in [0.25, 0.3) is 0 Å². The van der Waals surface area contributed by atoms with Crippen molar-refractivity contribution in [3.63, 3.8) is 0 Å².